The van der Waals surface area contributed by atoms with Crippen molar-refractivity contribution in [2.24, 2.45) is 20.7 Å². The van der Waals surface area contributed by atoms with Gasteiger partial charge in [-0.15, -0.1) is 10.2 Å². The smallest absolute Gasteiger partial charge is 0.124 e. The maximum atomic E-state index is 3.84. The van der Waals surface area contributed by atoms with Gasteiger partial charge in [-0.1, -0.05) is 13.3 Å². The SMILES string of the molecule is CCCC1(I)N=NN=N1. The van der Waals surface area contributed by atoms with E-state index in [-0.39, 0.29) is 3.67 Å². The van der Waals surface area contributed by atoms with E-state index in [1.165, 1.54) is 0 Å². The van der Waals surface area contributed by atoms with E-state index in [0.717, 1.165) is 12.8 Å². The topological polar surface area (TPSA) is 49.4 Å². The lowest BCUT2D eigenvalue weighted by Gasteiger charge is -2.07. The molecule has 0 aromatic carbocycles. The minimum Gasteiger partial charge on any atom is -0.124 e. The zero-order valence-corrected chi connectivity index (χ0v) is 7.24. The van der Waals surface area contributed by atoms with Gasteiger partial charge in [-0.2, -0.15) is 0 Å². The summed E-state index contributed by atoms with van der Waals surface area (Å²) in [5, 5.41) is 14.5. The van der Waals surface area contributed by atoms with E-state index in [1.54, 1.807) is 0 Å². The summed E-state index contributed by atoms with van der Waals surface area (Å²) in [6, 6.07) is 0. The number of nitrogens with zero attached hydrogens (tertiary/aromatic N) is 4. The minimum atomic E-state index is -0.369. The van der Waals surface area contributed by atoms with Crippen LogP contribution in [0.25, 0.3) is 0 Å². The Labute approximate surface area is 67.0 Å². The molecule has 0 saturated heterocycles. The molecule has 4 nitrogen and oxygen atoms in total. The van der Waals surface area contributed by atoms with Crippen LogP contribution in [-0.2, 0) is 0 Å². The molecule has 0 spiro atoms. The van der Waals surface area contributed by atoms with E-state index >= 15 is 0 Å². The van der Waals surface area contributed by atoms with Crippen LogP contribution in [0.3, 0.4) is 0 Å². The molecule has 0 atom stereocenters. The molecule has 5 heteroatoms. The second-order valence-corrected chi connectivity index (χ2v) is 3.58. The molecule has 0 amide bonds. The normalized spacial score (nSPS) is 21.1. The van der Waals surface area contributed by atoms with E-state index < -0.39 is 0 Å². The van der Waals surface area contributed by atoms with Crippen molar-refractivity contribution in [1.29, 1.82) is 0 Å². The summed E-state index contributed by atoms with van der Waals surface area (Å²) in [5.74, 6) is 0. The molecule has 0 N–H and O–H groups in total. The average molecular weight is 238 g/mol. The predicted octanol–water partition coefficient (Wildman–Crippen LogP) is 2.71. The molecule has 50 valence electrons. The summed E-state index contributed by atoms with van der Waals surface area (Å²) in [4.78, 5) is 0. The van der Waals surface area contributed by atoms with Crippen molar-refractivity contribution in [1.82, 2.24) is 0 Å². The number of alkyl halides is 1. The second kappa shape index (κ2) is 2.68. The van der Waals surface area contributed by atoms with Crippen LogP contribution in [0.2, 0.25) is 0 Å². The van der Waals surface area contributed by atoms with Crippen molar-refractivity contribution in [2.45, 2.75) is 23.4 Å². The number of hydrogen-bond acceptors (Lipinski definition) is 4. The summed E-state index contributed by atoms with van der Waals surface area (Å²) in [6.45, 7) is 2.09. The van der Waals surface area contributed by atoms with Crippen LogP contribution < -0.4 is 0 Å². The van der Waals surface area contributed by atoms with Gasteiger partial charge >= 0.3 is 0 Å². The minimum absolute atomic E-state index is 0.369. The lowest BCUT2D eigenvalue weighted by Crippen LogP contribution is -2.08. The molecule has 0 aromatic heterocycles. The van der Waals surface area contributed by atoms with Crippen LogP contribution in [0.1, 0.15) is 19.8 Å². The van der Waals surface area contributed by atoms with E-state index in [1.807, 2.05) is 0 Å². The van der Waals surface area contributed by atoms with Crippen LogP contribution in [0, 0.1) is 0 Å². The highest BCUT2D eigenvalue weighted by Gasteiger charge is 2.27. The third-order valence-electron chi connectivity index (χ3n) is 1.00. The summed E-state index contributed by atoms with van der Waals surface area (Å²) in [5.41, 5.74) is 0. The molecule has 0 unspecified atom stereocenters. The zero-order chi connectivity index (χ0) is 6.74. The van der Waals surface area contributed by atoms with Crippen molar-refractivity contribution in [3.8, 4) is 0 Å². The number of rotatable bonds is 2. The Morgan fingerprint density at radius 3 is 2.33 bits per heavy atom. The largest absolute Gasteiger partial charge is 0.244 e. The number of hydrogen-bond donors (Lipinski definition) is 0. The van der Waals surface area contributed by atoms with Crippen molar-refractivity contribution >= 4 is 22.6 Å². The van der Waals surface area contributed by atoms with E-state index in [9.17, 15) is 0 Å². The Hall–Kier alpha value is -0.0700. The Morgan fingerprint density at radius 1 is 1.33 bits per heavy atom. The van der Waals surface area contributed by atoms with Crippen molar-refractivity contribution in [2.75, 3.05) is 0 Å². The third kappa shape index (κ3) is 1.67. The molecular weight excluding hydrogens is 231 g/mol. The van der Waals surface area contributed by atoms with Gasteiger partial charge in [-0.3, -0.25) is 0 Å². The predicted molar refractivity (Wildman–Crippen MR) is 41.4 cm³/mol. The van der Waals surface area contributed by atoms with Gasteiger partial charge < -0.3 is 0 Å². The molecule has 0 aliphatic carbocycles. The number of halogens is 1. The highest BCUT2D eigenvalue weighted by atomic mass is 127. The fourth-order valence-electron chi connectivity index (χ4n) is 0.615. The summed E-state index contributed by atoms with van der Waals surface area (Å²) in [7, 11) is 0. The molecular formula is C4H7IN4. The van der Waals surface area contributed by atoms with Crippen LogP contribution in [0.5, 0.6) is 0 Å². The summed E-state index contributed by atoms with van der Waals surface area (Å²) < 4.78 is -0.369. The third-order valence-corrected chi connectivity index (χ3v) is 1.97. The van der Waals surface area contributed by atoms with Gasteiger partial charge in [0.15, 0.2) is 0 Å². The van der Waals surface area contributed by atoms with E-state index in [2.05, 4.69) is 50.2 Å². The standard InChI is InChI=1S/C4H7IN4/c1-2-3-4(5)6-8-9-7-4/h2-3H2,1H3. The Kier molecular flexibility index (Phi) is 2.09. The van der Waals surface area contributed by atoms with Crippen LogP contribution >= 0.6 is 22.6 Å². The molecule has 1 rings (SSSR count). The molecule has 0 fully saturated rings. The van der Waals surface area contributed by atoms with Crippen molar-refractivity contribution in [3.05, 3.63) is 0 Å². The van der Waals surface area contributed by atoms with Crippen LogP contribution in [-0.4, -0.2) is 3.67 Å². The van der Waals surface area contributed by atoms with Gasteiger partial charge in [-0.05, 0) is 33.0 Å². The second-order valence-electron chi connectivity index (χ2n) is 1.85. The maximum absolute atomic E-state index is 3.84. The first-order valence-electron chi connectivity index (χ1n) is 2.80. The van der Waals surface area contributed by atoms with Crippen molar-refractivity contribution < 1.29 is 0 Å². The van der Waals surface area contributed by atoms with Crippen LogP contribution in [0.15, 0.2) is 20.7 Å². The molecule has 0 radical (unpaired) electrons. The molecule has 0 saturated carbocycles. The first-order valence-corrected chi connectivity index (χ1v) is 3.88. The first-order chi connectivity index (χ1) is 4.27. The van der Waals surface area contributed by atoms with Gasteiger partial charge in [-0.25, -0.2) is 0 Å². The van der Waals surface area contributed by atoms with Crippen molar-refractivity contribution in [3.63, 3.8) is 0 Å². The average Bonchev–Trinajstić information content (AvgIpc) is 2.16. The molecule has 1 aliphatic heterocycles. The Balaban J connectivity index is 2.53. The fourth-order valence-corrected chi connectivity index (χ4v) is 1.35. The molecule has 0 bridgehead atoms. The Morgan fingerprint density at radius 2 is 1.89 bits per heavy atom. The highest BCUT2D eigenvalue weighted by molar-refractivity contribution is 14.1. The maximum Gasteiger partial charge on any atom is 0.244 e. The van der Waals surface area contributed by atoms with Gasteiger partial charge in [0.1, 0.15) is 0 Å². The molecule has 9 heavy (non-hydrogen) atoms. The summed E-state index contributed by atoms with van der Waals surface area (Å²) >= 11 is 2.14. The fraction of sp³-hybridized carbons (Fsp3) is 1.00. The highest BCUT2D eigenvalue weighted by Crippen LogP contribution is 2.32. The van der Waals surface area contributed by atoms with Crippen LogP contribution in [0.4, 0.5) is 0 Å². The van der Waals surface area contributed by atoms with Gasteiger partial charge in [0.05, 0.1) is 0 Å². The summed E-state index contributed by atoms with van der Waals surface area (Å²) in [6.07, 6.45) is 1.97. The molecule has 1 heterocycles. The van der Waals surface area contributed by atoms with E-state index in [0.29, 0.717) is 0 Å². The van der Waals surface area contributed by atoms with E-state index in [4.69, 9.17) is 0 Å². The molecule has 1 aliphatic rings. The molecule has 0 aromatic rings. The zero-order valence-electron chi connectivity index (χ0n) is 5.08. The van der Waals surface area contributed by atoms with Gasteiger partial charge in [0.25, 0.3) is 0 Å². The van der Waals surface area contributed by atoms with Gasteiger partial charge in [0, 0.05) is 6.42 Å². The monoisotopic (exact) mass is 238 g/mol. The van der Waals surface area contributed by atoms with Gasteiger partial charge in [0.2, 0.25) is 3.67 Å². The lowest BCUT2D eigenvalue weighted by atomic mass is 10.3. The quantitative estimate of drug-likeness (QED) is 0.403. The first kappa shape index (κ1) is 7.04. The lowest BCUT2D eigenvalue weighted by molar-refractivity contribution is 0.600. The Bertz CT molecular complexity index is 141.